The largest absolute Gasteiger partial charge is 0.492 e. The molecule has 0 unspecified atom stereocenters. The summed E-state index contributed by atoms with van der Waals surface area (Å²) in [6.07, 6.45) is 4.50. The van der Waals surface area contributed by atoms with Gasteiger partial charge in [0.15, 0.2) is 0 Å². The van der Waals surface area contributed by atoms with Gasteiger partial charge in [-0.25, -0.2) is 0 Å². The van der Waals surface area contributed by atoms with Crippen molar-refractivity contribution in [2.24, 2.45) is 0 Å². The molecule has 0 spiro atoms. The molecule has 0 aromatic heterocycles. The van der Waals surface area contributed by atoms with E-state index >= 15 is 0 Å². The second-order valence-electron chi connectivity index (χ2n) is 3.97. The van der Waals surface area contributed by atoms with Gasteiger partial charge in [0, 0.05) is 0 Å². The van der Waals surface area contributed by atoms with Crippen LogP contribution < -0.4 is 9.47 Å². The predicted molar refractivity (Wildman–Crippen MR) is 80.0 cm³/mol. The van der Waals surface area contributed by atoms with Crippen LogP contribution in [0.25, 0.3) is 0 Å². The Bertz CT molecular complexity index is 298. The van der Waals surface area contributed by atoms with Crippen molar-refractivity contribution >= 4 is 22.6 Å². The molecule has 96 valence electrons. The van der Waals surface area contributed by atoms with Gasteiger partial charge in [0.05, 0.1) is 16.8 Å². The van der Waals surface area contributed by atoms with Crippen LogP contribution in [0.15, 0.2) is 18.2 Å². The molecule has 1 aromatic carbocycles. The molecule has 0 amide bonds. The van der Waals surface area contributed by atoms with Gasteiger partial charge in [0.2, 0.25) is 0 Å². The normalized spacial score (nSPS) is 10.3. The molecule has 0 aliphatic carbocycles. The van der Waals surface area contributed by atoms with Crippen LogP contribution >= 0.6 is 22.6 Å². The molecule has 3 heteroatoms. The van der Waals surface area contributed by atoms with Crippen molar-refractivity contribution < 1.29 is 9.47 Å². The standard InChI is InChI=1S/C14H21IO2/c1-3-5-10-16-12-8-7-9-13(14(12)15)17-11-6-4-2/h7-9H,3-6,10-11H2,1-2H3. The van der Waals surface area contributed by atoms with Crippen molar-refractivity contribution in [3.8, 4) is 11.5 Å². The van der Waals surface area contributed by atoms with Gasteiger partial charge in [-0.3, -0.25) is 0 Å². The van der Waals surface area contributed by atoms with Crippen molar-refractivity contribution in [1.82, 2.24) is 0 Å². The Labute approximate surface area is 118 Å². The van der Waals surface area contributed by atoms with Crippen molar-refractivity contribution in [2.45, 2.75) is 39.5 Å². The van der Waals surface area contributed by atoms with Gasteiger partial charge in [0.25, 0.3) is 0 Å². The van der Waals surface area contributed by atoms with Crippen LogP contribution in [0.1, 0.15) is 39.5 Å². The minimum atomic E-state index is 0.783. The Kier molecular flexibility index (Phi) is 7.40. The lowest BCUT2D eigenvalue weighted by Gasteiger charge is -2.12. The number of rotatable bonds is 8. The number of unbranched alkanes of at least 4 members (excludes halogenated alkanes) is 2. The molecular weight excluding hydrogens is 327 g/mol. The zero-order valence-corrected chi connectivity index (χ0v) is 12.8. The second kappa shape index (κ2) is 8.61. The van der Waals surface area contributed by atoms with E-state index in [1.807, 2.05) is 18.2 Å². The third-order valence-corrected chi connectivity index (χ3v) is 3.50. The molecule has 1 rings (SSSR count). The highest BCUT2D eigenvalue weighted by Crippen LogP contribution is 2.30. The van der Waals surface area contributed by atoms with Crippen LogP contribution in [0.3, 0.4) is 0 Å². The molecule has 0 radical (unpaired) electrons. The highest BCUT2D eigenvalue weighted by molar-refractivity contribution is 14.1. The zero-order chi connectivity index (χ0) is 12.5. The summed E-state index contributed by atoms with van der Waals surface area (Å²) in [7, 11) is 0. The first-order valence-corrected chi connectivity index (χ1v) is 7.41. The second-order valence-corrected chi connectivity index (χ2v) is 5.05. The topological polar surface area (TPSA) is 18.5 Å². The minimum Gasteiger partial charge on any atom is -0.492 e. The SMILES string of the molecule is CCCCOc1cccc(OCCCC)c1I. The van der Waals surface area contributed by atoms with Crippen LogP contribution in [-0.4, -0.2) is 13.2 Å². The average Bonchev–Trinajstić information content (AvgIpc) is 2.34. The number of hydrogen-bond acceptors (Lipinski definition) is 2. The fourth-order valence-electron chi connectivity index (χ4n) is 1.37. The number of halogens is 1. The van der Waals surface area contributed by atoms with Crippen molar-refractivity contribution in [3.05, 3.63) is 21.8 Å². The molecule has 17 heavy (non-hydrogen) atoms. The van der Waals surface area contributed by atoms with Crippen molar-refractivity contribution in [2.75, 3.05) is 13.2 Å². The smallest absolute Gasteiger partial charge is 0.136 e. The molecule has 0 saturated carbocycles. The van der Waals surface area contributed by atoms with E-state index in [1.54, 1.807) is 0 Å². The average molecular weight is 348 g/mol. The van der Waals surface area contributed by atoms with Crippen LogP contribution in [0.2, 0.25) is 0 Å². The first-order chi connectivity index (χ1) is 8.29. The highest BCUT2D eigenvalue weighted by atomic mass is 127. The Hall–Kier alpha value is -0.450. The molecule has 0 bridgehead atoms. The molecule has 1 aromatic rings. The first-order valence-electron chi connectivity index (χ1n) is 6.33. The number of ether oxygens (including phenoxy) is 2. The highest BCUT2D eigenvalue weighted by Gasteiger charge is 2.07. The summed E-state index contributed by atoms with van der Waals surface area (Å²) in [5.41, 5.74) is 0. The van der Waals surface area contributed by atoms with Gasteiger partial charge in [-0.15, -0.1) is 0 Å². The molecule has 0 aliphatic rings. The summed E-state index contributed by atoms with van der Waals surface area (Å²) in [4.78, 5) is 0. The molecule has 0 N–H and O–H groups in total. The summed E-state index contributed by atoms with van der Waals surface area (Å²) in [5, 5.41) is 0. The van der Waals surface area contributed by atoms with Crippen LogP contribution in [0.4, 0.5) is 0 Å². The molecule has 0 heterocycles. The van der Waals surface area contributed by atoms with Gasteiger partial charge in [-0.2, -0.15) is 0 Å². The minimum absolute atomic E-state index is 0.783. The first kappa shape index (κ1) is 14.6. The Morgan fingerprint density at radius 3 is 1.82 bits per heavy atom. The van der Waals surface area contributed by atoms with Gasteiger partial charge < -0.3 is 9.47 Å². The number of benzene rings is 1. The Morgan fingerprint density at radius 2 is 1.41 bits per heavy atom. The van der Waals surface area contributed by atoms with Crippen LogP contribution in [0, 0.1) is 3.57 Å². The van der Waals surface area contributed by atoms with E-state index < -0.39 is 0 Å². The molecule has 2 nitrogen and oxygen atoms in total. The third-order valence-electron chi connectivity index (χ3n) is 2.44. The Balaban J connectivity index is 2.56. The summed E-state index contributed by atoms with van der Waals surface area (Å²) < 4.78 is 12.6. The maximum Gasteiger partial charge on any atom is 0.136 e. The van der Waals surface area contributed by atoms with E-state index in [1.165, 1.54) is 0 Å². The lowest BCUT2D eigenvalue weighted by Crippen LogP contribution is -2.02. The summed E-state index contributed by atoms with van der Waals surface area (Å²) >= 11 is 2.29. The van der Waals surface area contributed by atoms with Crippen molar-refractivity contribution in [1.29, 1.82) is 0 Å². The maximum atomic E-state index is 5.74. The Morgan fingerprint density at radius 1 is 0.941 bits per heavy atom. The summed E-state index contributed by atoms with van der Waals surface area (Å²) in [5.74, 6) is 1.88. The molecule has 0 fully saturated rings. The van der Waals surface area contributed by atoms with E-state index in [0.29, 0.717) is 0 Å². The monoisotopic (exact) mass is 348 g/mol. The predicted octanol–water partition coefficient (Wildman–Crippen LogP) is 4.65. The quantitative estimate of drug-likeness (QED) is 0.503. The third kappa shape index (κ3) is 5.15. The van der Waals surface area contributed by atoms with Crippen LogP contribution in [-0.2, 0) is 0 Å². The molecular formula is C14H21IO2. The lowest BCUT2D eigenvalue weighted by atomic mass is 10.3. The van der Waals surface area contributed by atoms with E-state index in [0.717, 1.165) is 54.0 Å². The van der Waals surface area contributed by atoms with E-state index in [9.17, 15) is 0 Å². The summed E-state index contributed by atoms with van der Waals surface area (Å²) in [6.45, 7) is 5.90. The molecule has 0 aliphatic heterocycles. The fraction of sp³-hybridized carbons (Fsp3) is 0.571. The fourth-order valence-corrected chi connectivity index (χ4v) is 2.04. The van der Waals surface area contributed by atoms with Crippen LogP contribution in [0.5, 0.6) is 11.5 Å². The van der Waals surface area contributed by atoms with Gasteiger partial charge in [0.1, 0.15) is 11.5 Å². The van der Waals surface area contributed by atoms with Gasteiger partial charge >= 0.3 is 0 Å². The van der Waals surface area contributed by atoms with E-state index in [-0.39, 0.29) is 0 Å². The van der Waals surface area contributed by atoms with Gasteiger partial charge in [-0.1, -0.05) is 32.8 Å². The lowest BCUT2D eigenvalue weighted by molar-refractivity contribution is 0.290. The zero-order valence-electron chi connectivity index (χ0n) is 10.7. The summed E-state index contributed by atoms with van der Waals surface area (Å²) in [6, 6.07) is 6.00. The molecule has 0 saturated heterocycles. The maximum absolute atomic E-state index is 5.74. The van der Waals surface area contributed by atoms with Crippen molar-refractivity contribution in [3.63, 3.8) is 0 Å². The van der Waals surface area contributed by atoms with Gasteiger partial charge in [-0.05, 0) is 47.6 Å². The number of hydrogen-bond donors (Lipinski definition) is 0. The van der Waals surface area contributed by atoms with E-state index in [2.05, 4.69) is 36.4 Å². The molecule has 0 atom stereocenters. The van der Waals surface area contributed by atoms with E-state index in [4.69, 9.17) is 9.47 Å².